The van der Waals surface area contributed by atoms with Crippen LogP contribution in [-0.2, 0) is 44.7 Å². The summed E-state index contributed by atoms with van der Waals surface area (Å²) < 4.78 is 10.6. The lowest BCUT2D eigenvalue weighted by Crippen LogP contribution is -2.17. The van der Waals surface area contributed by atoms with Gasteiger partial charge in [0.1, 0.15) is 10.0 Å². The van der Waals surface area contributed by atoms with Gasteiger partial charge in [-0.05, 0) is 82.8 Å². The van der Waals surface area contributed by atoms with E-state index in [1.165, 1.54) is 22.7 Å². The topological polar surface area (TPSA) is 111 Å². The van der Waals surface area contributed by atoms with E-state index in [2.05, 4.69) is 10.6 Å². The Balaban J connectivity index is 1.36. The quantitative estimate of drug-likeness (QED) is 0.249. The number of anilines is 2. The number of carbonyl (C=O) groups is 4. The summed E-state index contributed by atoms with van der Waals surface area (Å²) in [6.07, 6.45) is 10.5. The van der Waals surface area contributed by atoms with E-state index in [0.29, 0.717) is 27.5 Å². The van der Waals surface area contributed by atoms with Crippen LogP contribution >= 0.6 is 22.7 Å². The van der Waals surface area contributed by atoms with Crippen LogP contribution in [0.1, 0.15) is 113 Å². The predicted octanol–water partition coefficient (Wildman–Crippen LogP) is 6.45. The Hall–Kier alpha value is -2.72. The number of aryl methyl sites for hydroxylation is 2. The Bertz CT molecular complexity index is 1120. The number of ether oxygens (including phenoxy) is 2. The minimum atomic E-state index is -0.390. The van der Waals surface area contributed by atoms with Crippen molar-refractivity contribution in [3.8, 4) is 0 Å². The molecule has 0 fully saturated rings. The van der Waals surface area contributed by atoms with Gasteiger partial charge in [-0.25, -0.2) is 9.59 Å². The molecule has 0 aromatic carbocycles. The molecule has 2 N–H and O–H groups in total. The van der Waals surface area contributed by atoms with Crippen LogP contribution in [-0.4, -0.2) is 37.0 Å². The van der Waals surface area contributed by atoms with Crippen LogP contribution in [0.25, 0.3) is 0 Å². The standard InChI is InChI=1S/C29H38N2O6S2/c1-3-36-28(34)24-18-12-7-5-9-14-20(18)38-26(24)30-22(32)16-11-17-23(33)31-27-25(29(35)37-4-2)19-13-8-6-10-15-21(19)39-27/h3-17H2,1-2H3,(H,30,32)(H,31,33). The lowest BCUT2D eigenvalue weighted by Gasteiger charge is -2.09. The molecule has 2 heterocycles. The highest BCUT2D eigenvalue weighted by molar-refractivity contribution is 7.17. The van der Waals surface area contributed by atoms with E-state index >= 15 is 0 Å². The normalized spacial score (nSPS) is 14.8. The largest absolute Gasteiger partial charge is 0.462 e. The summed E-state index contributed by atoms with van der Waals surface area (Å²) in [4.78, 5) is 53.3. The highest BCUT2D eigenvalue weighted by atomic mass is 32.1. The van der Waals surface area contributed by atoms with Crippen molar-refractivity contribution in [3.05, 3.63) is 32.0 Å². The van der Waals surface area contributed by atoms with Crippen LogP contribution < -0.4 is 10.6 Å². The first-order valence-corrected chi connectivity index (χ1v) is 15.8. The van der Waals surface area contributed by atoms with Gasteiger partial charge in [0, 0.05) is 22.6 Å². The summed E-state index contributed by atoms with van der Waals surface area (Å²) in [6.45, 7) is 4.09. The lowest BCUT2D eigenvalue weighted by molar-refractivity contribution is -0.117. The first-order chi connectivity index (χ1) is 18.9. The molecule has 0 atom stereocenters. The van der Waals surface area contributed by atoms with Gasteiger partial charge >= 0.3 is 11.9 Å². The monoisotopic (exact) mass is 574 g/mol. The third-order valence-electron chi connectivity index (χ3n) is 7.12. The Morgan fingerprint density at radius 3 is 1.46 bits per heavy atom. The third kappa shape index (κ3) is 7.28. The fourth-order valence-corrected chi connectivity index (χ4v) is 7.87. The first-order valence-electron chi connectivity index (χ1n) is 14.2. The summed E-state index contributed by atoms with van der Waals surface area (Å²) in [5.41, 5.74) is 3.01. The molecule has 0 saturated carbocycles. The molecule has 0 radical (unpaired) electrons. The van der Waals surface area contributed by atoms with Crippen molar-refractivity contribution in [2.24, 2.45) is 0 Å². The van der Waals surface area contributed by atoms with Gasteiger partial charge in [0.25, 0.3) is 0 Å². The Labute approximate surface area is 237 Å². The van der Waals surface area contributed by atoms with Crippen molar-refractivity contribution in [2.45, 2.75) is 97.3 Å². The maximum Gasteiger partial charge on any atom is 0.341 e. The van der Waals surface area contributed by atoms with Crippen LogP contribution in [0.4, 0.5) is 10.0 Å². The predicted molar refractivity (Wildman–Crippen MR) is 154 cm³/mol. The van der Waals surface area contributed by atoms with Gasteiger partial charge < -0.3 is 20.1 Å². The number of carbonyl (C=O) groups excluding carboxylic acids is 4. The SMILES string of the molecule is CCOC(=O)c1c(NC(=O)CCCC(=O)Nc2sc3c(c2C(=O)OCC)CCCCC3)sc2c1CCCCC2. The van der Waals surface area contributed by atoms with E-state index in [1.807, 2.05) is 0 Å². The molecule has 10 heteroatoms. The number of hydrogen-bond acceptors (Lipinski definition) is 8. The van der Waals surface area contributed by atoms with Gasteiger partial charge in [-0.1, -0.05) is 12.8 Å². The maximum absolute atomic E-state index is 12.8. The van der Waals surface area contributed by atoms with Gasteiger partial charge in [-0.3, -0.25) is 9.59 Å². The number of rotatable bonds is 10. The zero-order chi connectivity index (χ0) is 27.8. The molecule has 2 aromatic rings. The summed E-state index contributed by atoms with van der Waals surface area (Å²) >= 11 is 2.94. The molecule has 4 rings (SSSR count). The second-order valence-electron chi connectivity index (χ2n) is 9.93. The molecule has 2 aliphatic rings. The van der Waals surface area contributed by atoms with E-state index < -0.39 is 11.9 Å². The smallest absolute Gasteiger partial charge is 0.341 e. The number of thiophene rings is 2. The zero-order valence-electron chi connectivity index (χ0n) is 22.9. The van der Waals surface area contributed by atoms with Crippen molar-refractivity contribution in [1.29, 1.82) is 0 Å². The Kier molecular flexibility index (Phi) is 10.6. The van der Waals surface area contributed by atoms with Crippen molar-refractivity contribution in [1.82, 2.24) is 0 Å². The molecule has 0 unspecified atom stereocenters. The van der Waals surface area contributed by atoms with Crippen LogP contribution in [0.5, 0.6) is 0 Å². The first kappa shape index (κ1) is 29.3. The van der Waals surface area contributed by atoms with Crippen LogP contribution in [0, 0.1) is 0 Å². The highest BCUT2D eigenvalue weighted by Crippen LogP contribution is 2.39. The number of esters is 2. The molecule has 0 aliphatic heterocycles. The van der Waals surface area contributed by atoms with Gasteiger partial charge in [-0.2, -0.15) is 0 Å². The van der Waals surface area contributed by atoms with E-state index in [-0.39, 0.29) is 37.9 Å². The van der Waals surface area contributed by atoms with E-state index in [0.717, 1.165) is 85.1 Å². The summed E-state index contributed by atoms with van der Waals surface area (Å²) in [5, 5.41) is 6.93. The Morgan fingerprint density at radius 1 is 0.641 bits per heavy atom. The molecule has 39 heavy (non-hydrogen) atoms. The lowest BCUT2D eigenvalue weighted by atomic mass is 10.1. The van der Waals surface area contributed by atoms with Crippen molar-refractivity contribution >= 4 is 56.4 Å². The van der Waals surface area contributed by atoms with Crippen molar-refractivity contribution < 1.29 is 28.7 Å². The van der Waals surface area contributed by atoms with Gasteiger partial charge in [0.2, 0.25) is 11.8 Å². The number of amides is 2. The summed E-state index contributed by atoms with van der Waals surface area (Å²) in [5.74, 6) is -1.25. The Morgan fingerprint density at radius 2 is 1.05 bits per heavy atom. The van der Waals surface area contributed by atoms with Crippen molar-refractivity contribution in [3.63, 3.8) is 0 Å². The third-order valence-corrected chi connectivity index (χ3v) is 9.53. The van der Waals surface area contributed by atoms with Crippen LogP contribution in [0.3, 0.4) is 0 Å². The van der Waals surface area contributed by atoms with Crippen LogP contribution in [0.2, 0.25) is 0 Å². The number of nitrogens with one attached hydrogen (secondary N) is 2. The molecule has 2 amide bonds. The molecule has 0 bridgehead atoms. The zero-order valence-corrected chi connectivity index (χ0v) is 24.5. The molecule has 0 saturated heterocycles. The van der Waals surface area contributed by atoms with Crippen molar-refractivity contribution in [2.75, 3.05) is 23.8 Å². The van der Waals surface area contributed by atoms with E-state index in [1.54, 1.807) is 13.8 Å². The van der Waals surface area contributed by atoms with E-state index in [9.17, 15) is 19.2 Å². The molecule has 2 aliphatic carbocycles. The maximum atomic E-state index is 12.8. The number of fused-ring (bicyclic) bond motifs is 2. The minimum Gasteiger partial charge on any atom is -0.462 e. The minimum absolute atomic E-state index is 0.143. The molecular weight excluding hydrogens is 536 g/mol. The average Bonchev–Trinajstić information content (AvgIpc) is 3.17. The second-order valence-corrected chi connectivity index (χ2v) is 12.1. The number of hydrogen-bond donors (Lipinski definition) is 2. The summed E-state index contributed by atoms with van der Waals surface area (Å²) in [7, 11) is 0. The molecule has 212 valence electrons. The second kappa shape index (κ2) is 14.1. The van der Waals surface area contributed by atoms with Gasteiger partial charge in [0.05, 0.1) is 24.3 Å². The molecule has 2 aromatic heterocycles. The fourth-order valence-electron chi connectivity index (χ4n) is 5.29. The van der Waals surface area contributed by atoms with Gasteiger partial charge in [0.15, 0.2) is 0 Å². The van der Waals surface area contributed by atoms with E-state index in [4.69, 9.17) is 9.47 Å². The molecule has 8 nitrogen and oxygen atoms in total. The molecule has 0 spiro atoms. The van der Waals surface area contributed by atoms with Crippen LogP contribution in [0.15, 0.2) is 0 Å². The van der Waals surface area contributed by atoms with Gasteiger partial charge in [-0.15, -0.1) is 22.7 Å². The highest BCUT2D eigenvalue weighted by Gasteiger charge is 2.28. The summed E-state index contributed by atoms with van der Waals surface area (Å²) in [6, 6.07) is 0. The average molecular weight is 575 g/mol. The molecular formula is C29H38N2O6S2. The fraction of sp³-hybridized carbons (Fsp3) is 0.586.